The van der Waals surface area contributed by atoms with E-state index in [-0.39, 0.29) is 11.5 Å². The molecule has 1 amide bonds. The Kier molecular flexibility index (Phi) is 5.40. The van der Waals surface area contributed by atoms with E-state index in [4.69, 9.17) is 16.3 Å². The fourth-order valence-electron chi connectivity index (χ4n) is 3.43. The van der Waals surface area contributed by atoms with Crippen LogP contribution in [0.5, 0.6) is 5.75 Å². The molecule has 1 aliphatic heterocycles. The van der Waals surface area contributed by atoms with Gasteiger partial charge >= 0.3 is 0 Å². The lowest BCUT2D eigenvalue weighted by Crippen LogP contribution is -2.49. The number of fused-ring (bicyclic) bond motifs is 1. The van der Waals surface area contributed by atoms with E-state index in [0.29, 0.717) is 66.0 Å². The number of amides is 1. The SMILES string of the molecule is CCOc1cc(C(=O)N2CCN(c3nc4ccccc4c(=O)[nH]3)CC2)ccc1Cl. The van der Waals surface area contributed by atoms with Crippen molar-refractivity contribution < 1.29 is 9.53 Å². The molecule has 2 heterocycles. The van der Waals surface area contributed by atoms with Crippen LogP contribution in [0, 0.1) is 0 Å². The zero-order valence-electron chi connectivity index (χ0n) is 16.0. The second kappa shape index (κ2) is 8.13. The Bertz CT molecular complexity index is 1110. The topological polar surface area (TPSA) is 78.5 Å². The van der Waals surface area contributed by atoms with E-state index in [9.17, 15) is 9.59 Å². The number of hydrogen-bond acceptors (Lipinski definition) is 5. The summed E-state index contributed by atoms with van der Waals surface area (Å²) in [5, 5.41) is 1.05. The van der Waals surface area contributed by atoms with Crippen LogP contribution in [0.2, 0.25) is 5.02 Å². The normalized spacial score (nSPS) is 14.3. The molecule has 0 aliphatic carbocycles. The molecule has 0 radical (unpaired) electrons. The Morgan fingerprint density at radius 2 is 1.93 bits per heavy atom. The fraction of sp³-hybridized carbons (Fsp3) is 0.286. The standard InChI is InChI=1S/C21H21ClN4O3/c1-2-29-18-13-14(7-8-16(18)22)20(28)25-9-11-26(12-10-25)21-23-17-6-4-3-5-15(17)19(27)24-21/h3-8,13H,2,9-12H2,1H3,(H,23,24,27). The first-order valence-electron chi connectivity index (χ1n) is 9.52. The largest absolute Gasteiger partial charge is 0.492 e. The predicted molar refractivity (Wildman–Crippen MR) is 113 cm³/mol. The van der Waals surface area contributed by atoms with Crippen LogP contribution in [0.15, 0.2) is 47.3 Å². The van der Waals surface area contributed by atoms with Crippen molar-refractivity contribution in [3.63, 3.8) is 0 Å². The number of carbonyl (C=O) groups is 1. The summed E-state index contributed by atoms with van der Waals surface area (Å²) in [6.07, 6.45) is 0. The highest BCUT2D eigenvalue weighted by Gasteiger charge is 2.24. The molecule has 29 heavy (non-hydrogen) atoms. The summed E-state index contributed by atoms with van der Waals surface area (Å²) in [6, 6.07) is 12.3. The highest BCUT2D eigenvalue weighted by molar-refractivity contribution is 6.32. The van der Waals surface area contributed by atoms with Gasteiger partial charge in [-0.1, -0.05) is 23.7 Å². The summed E-state index contributed by atoms with van der Waals surface area (Å²) in [5.74, 6) is 0.977. The molecule has 1 aliphatic rings. The van der Waals surface area contributed by atoms with E-state index in [1.165, 1.54) is 0 Å². The van der Waals surface area contributed by atoms with Crippen molar-refractivity contribution in [3.05, 3.63) is 63.4 Å². The molecule has 3 aromatic rings. The minimum absolute atomic E-state index is 0.0674. The maximum Gasteiger partial charge on any atom is 0.260 e. The molecular weight excluding hydrogens is 392 g/mol. The first-order valence-corrected chi connectivity index (χ1v) is 9.90. The fourth-order valence-corrected chi connectivity index (χ4v) is 3.60. The lowest BCUT2D eigenvalue weighted by Gasteiger charge is -2.35. The molecular formula is C21H21ClN4O3. The molecule has 8 heteroatoms. The van der Waals surface area contributed by atoms with E-state index >= 15 is 0 Å². The summed E-state index contributed by atoms with van der Waals surface area (Å²) in [5.41, 5.74) is 1.05. The minimum atomic E-state index is -0.159. The lowest BCUT2D eigenvalue weighted by atomic mass is 10.1. The first-order chi connectivity index (χ1) is 14.1. The van der Waals surface area contributed by atoms with Gasteiger partial charge in [0.15, 0.2) is 0 Å². The third kappa shape index (κ3) is 3.91. The van der Waals surface area contributed by atoms with Crippen LogP contribution >= 0.6 is 11.6 Å². The highest BCUT2D eigenvalue weighted by atomic mass is 35.5. The Morgan fingerprint density at radius 3 is 2.69 bits per heavy atom. The number of benzene rings is 2. The molecule has 1 fully saturated rings. The van der Waals surface area contributed by atoms with Crippen molar-refractivity contribution in [2.75, 3.05) is 37.7 Å². The number of piperazine rings is 1. The molecule has 0 atom stereocenters. The number of rotatable bonds is 4. The third-order valence-corrected chi connectivity index (χ3v) is 5.26. The van der Waals surface area contributed by atoms with E-state index in [0.717, 1.165) is 0 Å². The van der Waals surface area contributed by atoms with Crippen molar-refractivity contribution in [3.8, 4) is 5.75 Å². The number of nitrogens with one attached hydrogen (secondary N) is 1. The molecule has 0 spiro atoms. The molecule has 0 saturated carbocycles. The van der Waals surface area contributed by atoms with Crippen LogP contribution in [-0.4, -0.2) is 53.6 Å². The molecule has 0 unspecified atom stereocenters. The molecule has 2 aromatic carbocycles. The van der Waals surface area contributed by atoms with Crippen molar-refractivity contribution in [1.82, 2.24) is 14.9 Å². The van der Waals surface area contributed by atoms with Gasteiger partial charge in [-0.15, -0.1) is 0 Å². The van der Waals surface area contributed by atoms with Gasteiger partial charge in [0.05, 0.1) is 22.5 Å². The number of H-pyrrole nitrogens is 1. The van der Waals surface area contributed by atoms with Crippen LogP contribution in [0.1, 0.15) is 17.3 Å². The van der Waals surface area contributed by atoms with E-state index in [1.807, 2.05) is 30.0 Å². The number of aromatic nitrogens is 2. The average Bonchev–Trinajstić information content (AvgIpc) is 2.75. The molecule has 1 aromatic heterocycles. The second-order valence-electron chi connectivity index (χ2n) is 6.76. The average molecular weight is 413 g/mol. The van der Waals surface area contributed by atoms with Crippen molar-refractivity contribution >= 4 is 34.4 Å². The maximum atomic E-state index is 12.9. The van der Waals surface area contributed by atoms with Crippen molar-refractivity contribution in [1.29, 1.82) is 0 Å². The smallest absolute Gasteiger partial charge is 0.260 e. The van der Waals surface area contributed by atoms with E-state index in [1.54, 1.807) is 29.2 Å². The molecule has 1 N–H and O–H groups in total. The zero-order valence-corrected chi connectivity index (χ0v) is 16.8. The van der Waals surface area contributed by atoms with Gasteiger partial charge in [-0.2, -0.15) is 0 Å². The summed E-state index contributed by atoms with van der Waals surface area (Å²) >= 11 is 6.11. The van der Waals surface area contributed by atoms with E-state index < -0.39 is 0 Å². The Balaban J connectivity index is 1.48. The Morgan fingerprint density at radius 1 is 1.17 bits per heavy atom. The van der Waals surface area contributed by atoms with Crippen LogP contribution in [0.25, 0.3) is 10.9 Å². The summed E-state index contributed by atoms with van der Waals surface area (Å²) in [7, 11) is 0. The van der Waals surface area contributed by atoms with Gasteiger partial charge in [-0.3, -0.25) is 14.6 Å². The number of para-hydroxylation sites is 1. The number of nitrogens with zero attached hydrogens (tertiary/aromatic N) is 3. The van der Waals surface area contributed by atoms with E-state index in [2.05, 4.69) is 9.97 Å². The molecule has 150 valence electrons. The van der Waals surface area contributed by atoms with Gasteiger partial charge < -0.3 is 14.5 Å². The zero-order chi connectivity index (χ0) is 20.4. The van der Waals surface area contributed by atoms with Gasteiger partial charge in [-0.05, 0) is 37.3 Å². The quantitative estimate of drug-likeness (QED) is 0.712. The molecule has 1 saturated heterocycles. The predicted octanol–water partition coefficient (Wildman–Crippen LogP) is 2.94. The molecule has 7 nitrogen and oxygen atoms in total. The number of aromatic amines is 1. The van der Waals surface area contributed by atoms with Gasteiger partial charge in [-0.25, -0.2) is 4.98 Å². The third-order valence-electron chi connectivity index (χ3n) is 4.94. The van der Waals surface area contributed by atoms with Crippen LogP contribution < -0.4 is 15.2 Å². The van der Waals surface area contributed by atoms with Gasteiger partial charge in [0.2, 0.25) is 5.95 Å². The first kappa shape index (κ1) is 19.3. The van der Waals surface area contributed by atoms with Gasteiger partial charge in [0, 0.05) is 31.7 Å². The summed E-state index contributed by atoms with van der Waals surface area (Å²) < 4.78 is 5.48. The van der Waals surface area contributed by atoms with Crippen LogP contribution in [-0.2, 0) is 0 Å². The number of ether oxygens (including phenoxy) is 1. The van der Waals surface area contributed by atoms with Crippen LogP contribution in [0.3, 0.4) is 0 Å². The number of carbonyl (C=O) groups excluding carboxylic acids is 1. The molecule has 0 bridgehead atoms. The lowest BCUT2D eigenvalue weighted by molar-refractivity contribution is 0.0745. The van der Waals surface area contributed by atoms with Crippen molar-refractivity contribution in [2.24, 2.45) is 0 Å². The van der Waals surface area contributed by atoms with Crippen LogP contribution in [0.4, 0.5) is 5.95 Å². The number of anilines is 1. The van der Waals surface area contributed by atoms with Gasteiger partial charge in [0.1, 0.15) is 5.75 Å². The van der Waals surface area contributed by atoms with Crippen molar-refractivity contribution in [2.45, 2.75) is 6.92 Å². The Hall–Kier alpha value is -3.06. The summed E-state index contributed by atoms with van der Waals surface area (Å²) in [4.78, 5) is 36.4. The maximum absolute atomic E-state index is 12.9. The highest BCUT2D eigenvalue weighted by Crippen LogP contribution is 2.26. The summed E-state index contributed by atoms with van der Waals surface area (Å²) in [6.45, 7) is 4.57. The second-order valence-corrected chi connectivity index (χ2v) is 7.17. The molecule has 4 rings (SSSR count). The monoisotopic (exact) mass is 412 g/mol. The number of hydrogen-bond donors (Lipinski definition) is 1. The minimum Gasteiger partial charge on any atom is -0.492 e. The number of halogens is 1. The Labute approximate surface area is 172 Å². The van der Waals surface area contributed by atoms with Gasteiger partial charge in [0.25, 0.3) is 11.5 Å².